The van der Waals surface area contributed by atoms with Gasteiger partial charge in [0, 0.05) is 17.2 Å². The molecule has 1 amide bonds. The molecule has 0 fully saturated rings. The van der Waals surface area contributed by atoms with Crippen molar-refractivity contribution in [3.05, 3.63) is 56.6 Å². The van der Waals surface area contributed by atoms with Gasteiger partial charge in [-0.15, -0.1) is 0 Å². The summed E-state index contributed by atoms with van der Waals surface area (Å²) in [6, 6.07) is 7.57. The number of carbonyl (C=O) groups is 1. The van der Waals surface area contributed by atoms with Gasteiger partial charge >= 0.3 is 0 Å². The lowest BCUT2D eigenvalue weighted by molar-refractivity contribution is 0.1000. The fraction of sp³-hybridized carbons (Fsp3) is 0.143. The Kier molecular flexibility index (Phi) is 4.62. The molecule has 1 heterocycles. The van der Waals surface area contributed by atoms with Crippen LogP contribution in [0.15, 0.2) is 34.9 Å². The third-order valence-corrected chi connectivity index (χ3v) is 3.66. The molecule has 1 aromatic carbocycles. The lowest BCUT2D eigenvalue weighted by Crippen LogP contribution is -2.12. The van der Waals surface area contributed by atoms with Gasteiger partial charge in [-0.1, -0.05) is 33.6 Å². The van der Waals surface area contributed by atoms with Gasteiger partial charge in [-0.05, 0) is 36.2 Å². The van der Waals surface area contributed by atoms with E-state index in [0.717, 1.165) is 10.0 Å². The Hall–Kier alpha value is -1.59. The maximum absolute atomic E-state index is 11.0. The van der Waals surface area contributed by atoms with Crippen LogP contribution in [0.25, 0.3) is 0 Å². The Morgan fingerprint density at radius 1 is 1.45 bits per heavy atom. The minimum absolute atomic E-state index is 0.291. The number of aromatic nitrogens is 1. The van der Waals surface area contributed by atoms with E-state index in [1.807, 2.05) is 25.1 Å². The number of nitrogens with two attached hydrogens (primary N) is 1. The second-order valence-corrected chi connectivity index (χ2v) is 5.67. The number of rotatable bonds is 4. The number of nitrogens with one attached hydrogen (secondary N) is 1. The summed E-state index contributed by atoms with van der Waals surface area (Å²) < 4.78 is 1.02. The van der Waals surface area contributed by atoms with Crippen LogP contribution in [0, 0.1) is 6.92 Å². The summed E-state index contributed by atoms with van der Waals surface area (Å²) in [5.74, 6) is -0.0233. The van der Waals surface area contributed by atoms with Crippen LogP contribution in [0.2, 0.25) is 5.02 Å². The molecule has 20 heavy (non-hydrogen) atoms. The molecule has 0 aliphatic rings. The molecule has 0 bridgehead atoms. The molecular formula is C14H13BrClN3O. The van der Waals surface area contributed by atoms with E-state index in [1.165, 1.54) is 17.8 Å². The van der Waals surface area contributed by atoms with E-state index in [-0.39, 0.29) is 0 Å². The van der Waals surface area contributed by atoms with E-state index in [0.29, 0.717) is 22.9 Å². The maximum Gasteiger partial charge on any atom is 0.250 e. The third-order valence-electron chi connectivity index (χ3n) is 2.88. The number of nitrogens with zero attached hydrogens (tertiary/aromatic N) is 1. The SMILES string of the molecule is Cc1ccc(Br)cc1CNc1ncc(C(N)=O)cc1Cl. The van der Waals surface area contributed by atoms with Crippen molar-refractivity contribution in [1.29, 1.82) is 0 Å². The molecule has 2 rings (SSSR count). The molecule has 0 atom stereocenters. The van der Waals surface area contributed by atoms with Gasteiger partial charge in [-0.25, -0.2) is 4.98 Å². The van der Waals surface area contributed by atoms with Crippen molar-refractivity contribution in [2.24, 2.45) is 5.73 Å². The van der Waals surface area contributed by atoms with Crippen LogP contribution in [0.4, 0.5) is 5.82 Å². The molecule has 6 heteroatoms. The maximum atomic E-state index is 11.0. The predicted molar refractivity (Wildman–Crippen MR) is 84.0 cm³/mol. The van der Waals surface area contributed by atoms with E-state index in [2.05, 4.69) is 26.2 Å². The number of hydrogen-bond donors (Lipinski definition) is 2. The fourth-order valence-corrected chi connectivity index (χ4v) is 2.35. The van der Waals surface area contributed by atoms with Gasteiger partial charge in [0.2, 0.25) is 5.91 Å². The molecule has 0 saturated carbocycles. The molecule has 2 aromatic rings. The van der Waals surface area contributed by atoms with E-state index in [1.54, 1.807) is 0 Å². The molecule has 3 N–H and O–H groups in total. The highest BCUT2D eigenvalue weighted by molar-refractivity contribution is 9.10. The number of amides is 1. The summed E-state index contributed by atoms with van der Waals surface area (Å²) in [6.45, 7) is 2.63. The van der Waals surface area contributed by atoms with E-state index in [9.17, 15) is 4.79 Å². The zero-order valence-corrected chi connectivity index (χ0v) is 13.1. The summed E-state index contributed by atoms with van der Waals surface area (Å²) in [5, 5.41) is 3.52. The summed E-state index contributed by atoms with van der Waals surface area (Å²) in [5.41, 5.74) is 7.77. The number of halogens is 2. The number of primary amides is 1. The number of aryl methyl sites for hydroxylation is 1. The normalized spacial score (nSPS) is 10.3. The van der Waals surface area contributed by atoms with E-state index >= 15 is 0 Å². The first-order chi connectivity index (χ1) is 9.47. The van der Waals surface area contributed by atoms with Gasteiger partial charge in [-0.3, -0.25) is 4.79 Å². The lowest BCUT2D eigenvalue weighted by atomic mass is 10.1. The van der Waals surface area contributed by atoms with Crippen molar-refractivity contribution in [3.63, 3.8) is 0 Å². The molecule has 0 spiro atoms. The predicted octanol–water partition coefficient (Wildman–Crippen LogP) is 3.52. The molecule has 0 aliphatic heterocycles. The zero-order valence-electron chi connectivity index (χ0n) is 10.8. The Morgan fingerprint density at radius 3 is 2.85 bits per heavy atom. The van der Waals surface area contributed by atoms with Gasteiger partial charge in [0.25, 0.3) is 0 Å². The van der Waals surface area contributed by atoms with E-state index in [4.69, 9.17) is 17.3 Å². The number of anilines is 1. The van der Waals surface area contributed by atoms with Gasteiger partial charge in [0.05, 0.1) is 10.6 Å². The average Bonchev–Trinajstić information content (AvgIpc) is 2.40. The largest absolute Gasteiger partial charge is 0.366 e. The van der Waals surface area contributed by atoms with Crippen LogP contribution in [-0.2, 0) is 6.54 Å². The molecule has 0 aliphatic carbocycles. The minimum Gasteiger partial charge on any atom is -0.366 e. The van der Waals surface area contributed by atoms with Gasteiger partial charge in [-0.2, -0.15) is 0 Å². The lowest BCUT2D eigenvalue weighted by Gasteiger charge is -2.10. The van der Waals surface area contributed by atoms with Gasteiger partial charge in [0.1, 0.15) is 5.82 Å². The Bertz CT molecular complexity index is 661. The highest BCUT2D eigenvalue weighted by Crippen LogP contribution is 2.22. The summed E-state index contributed by atoms with van der Waals surface area (Å²) in [7, 11) is 0. The Balaban J connectivity index is 2.15. The second-order valence-electron chi connectivity index (χ2n) is 4.34. The standard InChI is InChI=1S/C14H13BrClN3O/c1-8-2-3-11(15)4-9(8)6-18-14-12(16)5-10(7-19-14)13(17)20/h2-5,7H,6H2,1H3,(H2,17,20)(H,18,19). The first-order valence-electron chi connectivity index (χ1n) is 5.91. The monoisotopic (exact) mass is 353 g/mol. The molecule has 0 radical (unpaired) electrons. The number of carbonyl (C=O) groups excluding carboxylic acids is 1. The Labute approximate surface area is 130 Å². The van der Waals surface area contributed by atoms with E-state index < -0.39 is 5.91 Å². The molecular weight excluding hydrogens is 342 g/mol. The first-order valence-corrected chi connectivity index (χ1v) is 7.08. The van der Waals surface area contributed by atoms with Crippen molar-refractivity contribution in [3.8, 4) is 0 Å². The van der Waals surface area contributed by atoms with Crippen molar-refractivity contribution < 1.29 is 4.79 Å². The molecule has 0 saturated heterocycles. The zero-order chi connectivity index (χ0) is 14.7. The Morgan fingerprint density at radius 2 is 2.20 bits per heavy atom. The topological polar surface area (TPSA) is 68.0 Å². The van der Waals surface area contributed by atoms with Crippen LogP contribution in [0.5, 0.6) is 0 Å². The van der Waals surface area contributed by atoms with Gasteiger partial charge in [0.15, 0.2) is 0 Å². The van der Waals surface area contributed by atoms with Crippen LogP contribution >= 0.6 is 27.5 Å². The third kappa shape index (κ3) is 3.49. The molecule has 4 nitrogen and oxygen atoms in total. The van der Waals surface area contributed by atoms with Crippen molar-refractivity contribution in [2.75, 3.05) is 5.32 Å². The van der Waals surface area contributed by atoms with Crippen molar-refractivity contribution in [1.82, 2.24) is 4.98 Å². The number of benzene rings is 1. The highest BCUT2D eigenvalue weighted by atomic mass is 79.9. The number of pyridine rings is 1. The minimum atomic E-state index is -0.547. The summed E-state index contributed by atoms with van der Waals surface area (Å²) in [6.07, 6.45) is 1.41. The molecule has 104 valence electrons. The molecule has 0 unspecified atom stereocenters. The smallest absolute Gasteiger partial charge is 0.250 e. The van der Waals surface area contributed by atoms with Crippen molar-refractivity contribution >= 4 is 39.3 Å². The fourth-order valence-electron chi connectivity index (χ4n) is 1.71. The average molecular weight is 355 g/mol. The first kappa shape index (κ1) is 14.8. The van der Waals surface area contributed by atoms with Crippen LogP contribution in [0.1, 0.15) is 21.5 Å². The summed E-state index contributed by atoms with van der Waals surface area (Å²) >= 11 is 9.51. The summed E-state index contributed by atoms with van der Waals surface area (Å²) in [4.78, 5) is 15.1. The van der Waals surface area contributed by atoms with Crippen LogP contribution in [-0.4, -0.2) is 10.9 Å². The van der Waals surface area contributed by atoms with Gasteiger partial charge < -0.3 is 11.1 Å². The van der Waals surface area contributed by atoms with Crippen LogP contribution in [0.3, 0.4) is 0 Å². The van der Waals surface area contributed by atoms with Crippen LogP contribution < -0.4 is 11.1 Å². The van der Waals surface area contributed by atoms with Crippen molar-refractivity contribution in [2.45, 2.75) is 13.5 Å². The highest BCUT2D eigenvalue weighted by Gasteiger charge is 2.07. The molecule has 1 aromatic heterocycles. The number of hydrogen-bond acceptors (Lipinski definition) is 3. The second kappa shape index (κ2) is 6.24. The quantitative estimate of drug-likeness (QED) is 0.882.